The number of nitrogens with zero attached hydrogens (tertiary/aromatic N) is 1. The first-order valence-corrected chi connectivity index (χ1v) is 2.50. The van der Waals surface area contributed by atoms with Gasteiger partial charge in [-0.2, -0.15) is 0 Å². The Hall–Kier alpha value is 1.89. The first-order chi connectivity index (χ1) is 4.30. The van der Waals surface area contributed by atoms with Crippen LogP contribution in [0, 0.1) is 0 Å². The van der Waals surface area contributed by atoms with Gasteiger partial charge >= 0.3 is 103 Å². The fourth-order valence-electron chi connectivity index (χ4n) is 0.509. The Morgan fingerprint density at radius 2 is 2.18 bits per heavy atom. The molecule has 0 unspecified atom stereocenters. The quantitative estimate of drug-likeness (QED) is 0.462. The zero-order chi connectivity index (χ0) is 6.69. The molecule has 1 aromatic rings. The van der Waals surface area contributed by atoms with Crippen molar-refractivity contribution < 1.29 is 110 Å². The average molecular weight is 202 g/mol. The molecule has 0 bridgehead atoms. The topological polar surface area (TPSA) is 56.0 Å². The molecule has 0 aliphatic carbocycles. The van der Waals surface area contributed by atoms with E-state index < -0.39 is 5.91 Å². The molecular formula is C6H8K2N2O. The van der Waals surface area contributed by atoms with Gasteiger partial charge in [0.1, 0.15) is 0 Å². The molecule has 0 aromatic carbocycles. The molecule has 0 spiro atoms. The zero-order valence-corrected chi connectivity index (χ0v) is 13.0. The minimum atomic E-state index is -0.442. The summed E-state index contributed by atoms with van der Waals surface area (Å²) < 4.78 is 0. The smallest absolute Gasteiger partial charge is 1.00 e. The van der Waals surface area contributed by atoms with Crippen LogP contribution in [0.2, 0.25) is 0 Å². The first-order valence-electron chi connectivity index (χ1n) is 2.50. The van der Waals surface area contributed by atoms with E-state index in [1.54, 1.807) is 18.3 Å². The Bertz CT molecular complexity index is 223. The number of pyridine rings is 1. The number of carbonyl (C=O) groups excluding carboxylic acids is 1. The molecule has 0 fully saturated rings. The van der Waals surface area contributed by atoms with Gasteiger partial charge in [0.05, 0.1) is 5.56 Å². The maximum Gasteiger partial charge on any atom is 1.00 e. The van der Waals surface area contributed by atoms with Crippen LogP contribution in [0.1, 0.15) is 13.2 Å². The van der Waals surface area contributed by atoms with E-state index >= 15 is 0 Å². The van der Waals surface area contributed by atoms with Gasteiger partial charge in [-0.3, -0.25) is 9.78 Å². The second-order valence-corrected chi connectivity index (χ2v) is 1.61. The van der Waals surface area contributed by atoms with Gasteiger partial charge in [-0.1, -0.05) is 0 Å². The standard InChI is InChI=1S/C6H6N2O.2K.2H/c7-6(9)5-2-1-3-8-4-5;;;;/h1-4H,(H2,7,9);;;;/q;2*+1;2*-1. The Morgan fingerprint density at radius 1 is 1.55 bits per heavy atom. The Balaban J connectivity index is -0.000000101. The molecule has 0 aliphatic heterocycles. The van der Waals surface area contributed by atoms with E-state index in [2.05, 4.69) is 4.98 Å². The number of primary amides is 1. The summed E-state index contributed by atoms with van der Waals surface area (Å²) in [6, 6.07) is 3.29. The Morgan fingerprint density at radius 3 is 2.45 bits per heavy atom. The van der Waals surface area contributed by atoms with Crippen LogP contribution in [0.3, 0.4) is 0 Å². The molecule has 1 amide bonds. The third kappa shape index (κ3) is 6.03. The minimum Gasteiger partial charge on any atom is -1.00 e. The van der Waals surface area contributed by atoms with E-state index in [0.29, 0.717) is 5.56 Å². The van der Waals surface area contributed by atoms with E-state index in [-0.39, 0.29) is 106 Å². The monoisotopic (exact) mass is 202 g/mol. The molecule has 0 radical (unpaired) electrons. The van der Waals surface area contributed by atoms with Crippen molar-refractivity contribution in [2.24, 2.45) is 5.73 Å². The van der Waals surface area contributed by atoms with Gasteiger partial charge in [-0.05, 0) is 12.1 Å². The van der Waals surface area contributed by atoms with Gasteiger partial charge in [0.25, 0.3) is 0 Å². The van der Waals surface area contributed by atoms with Gasteiger partial charge < -0.3 is 8.59 Å². The molecule has 0 atom stereocenters. The van der Waals surface area contributed by atoms with E-state index in [1.807, 2.05) is 0 Å². The molecule has 1 heterocycles. The molecule has 11 heavy (non-hydrogen) atoms. The summed E-state index contributed by atoms with van der Waals surface area (Å²) in [6.07, 6.45) is 3.02. The van der Waals surface area contributed by atoms with Crippen molar-refractivity contribution in [3.05, 3.63) is 30.1 Å². The Kier molecular flexibility index (Phi) is 11.9. The molecule has 50 valence electrons. The molecule has 2 N–H and O–H groups in total. The molecule has 0 saturated carbocycles. The fourth-order valence-corrected chi connectivity index (χ4v) is 0.509. The van der Waals surface area contributed by atoms with Gasteiger partial charge in [-0.15, -0.1) is 0 Å². The second-order valence-electron chi connectivity index (χ2n) is 1.61. The number of hydrogen-bond acceptors (Lipinski definition) is 2. The van der Waals surface area contributed by atoms with Crippen molar-refractivity contribution >= 4 is 5.91 Å². The predicted molar refractivity (Wildman–Crippen MR) is 35.0 cm³/mol. The third-order valence-electron chi connectivity index (χ3n) is 0.946. The van der Waals surface area contributed by atoms with Crippen molar-refractivity contribution in [2.45, 2.75) is 0 Å². The van der Waals surface area contributed by atoms with Crippen molar-refractivity contribution in [2.75, 3.05) is 0 Å². The molecule has 1 rings (SSSR count). The zero-order valence-electron chi connectivity index (χ0n) is 8.74. The van der Waals surface area contributed by atoms with Gasteiger partial charge in [0.2, 0.25) is 5.91 Å². The van der Waals surface area contributed by atoms with E-state index in [9.17, 15) is 4.79 Å². The van der Waals surface area contributed by atoms with E-state index in [1.165, 1.54) is 6.20 Å². The van der Waals surface area contributed by atoms with Crippen LogP contribution in [0.15, 0.2) is 24.5 Å². The molecule has 3 nitrogen and oxygen atoms in total. The summed E-state index contributed by atoms with van der Waals surface area (Å²) in [5.74, 6) is -0.442. The van der Waals surface area contributed by atoms with E-state index in [4.69, 9.17) is 5.73 Å². The summed E-state index contributed by atoms with van der Waals surface area (Å²) in [7, 11) is 0. The summed E-state index contributed by atoms with van der Waals surface area (Å²) in [5.41, 5.74) is 5.38. The van der Waals surface area contributed by atoms with E-state index in [0.717, 1.165) is 0 Å². The van der Waals surface area contributed by atoms with Crippen molar-refractivity contribution in [3.8, 4) is 0 Å². The van der Waals surface area contributed by atoms with Crippen molar-refractivity contribution in [3.63, 3.8) is 0 Å². The number of rotatable bonds is 1. The van der Waals surface area contributed by atoms with Gasteiger partial charge in [-0.25, -0.2) is 0 Å². The van der Waals surface area contributed by atoms with Gasteiger partial charge in [0, 0.05) is 12.4 Å². The maximum absolute atomic E-state index is 10.4. The van der Waals surface area contributed by atoms with Crippen molar-refractivity contribution in [1.82, 2.24) is 4.98 Å². The summed E-state index contributed by atoms with van der Waals surface area (Å²) in [6.45, 7) is 0. The average Bonchev–Trinajstić information content (AvgIpc) is 1.90. The van der Waals surface area contributed by atoms with Crippen LogP contribution < -0.4 is 109 Å². The van der Waals surface area contributed by atoms with Crippen LogP contribution >= 0.6 is 0 Å². The van der Waals surface area contributed by atoms with Crippen molar-refractivity contribution in [1.29, 1.82) is 0 Å². The van der Waals surface area contributed by atoms with Crippen LogP contribution in [0.5, 0.6) is 0 Å². The summed E-state index contributed by atoms with van der Waals surface area (Å²) in [4.78, 5) is 14.1. The molecule has 5 heteroatoms. The maximum atomic E-state index is 10.4. The van der Waals surface area contributed by atoms with Crippen LogP contribution in [-0.4, -0.2) is 10.9 Å². The second kappa shape index (κ2) is 8.49. The number of amides is 1. The van der Waals surface area contributed by atoms with Gasteiger partial charge in [0.15, 0.2) is 0 Å². The predicted octanol–water partition coefficient (Wildman–Crippen LogP) is -5.59. The summed E-state index contributed by atoms with van der Waals surface area (Å²) >= 11 is 0. The molecule has 0 saturated heterocycles. The summed E-state index contributed by atoms with van der Waals surface area (Å²) in [5, 5.41) is 0. The SMILES string of the molecule is NC(=O)c1cccnc1.[H-].[H-].[K+].[K+]. The fraction of sp³-hybridized carbons (Fsp3) is 0. The Labute approximate surface area is 153 Å². The molecular weight excluding hydrogens is 194 g/mol. The van der Waals surface area contributed by atoms with Crippen LogP contribution in [-0.2, 0) is 0 Å². The largest absolute Gasteiger partial charge is 1.00 e. The minimum absolute atomic E-state index is 0. The number of carbonyl (C=O) groups is 1. The first kappa shape index (κ1) is 15.4. The van der Waals surface area contributed by atoms with Crippen LogP contribution in [0.4, 0.5) is 0 Å². The number of aromatic nitrogens is 1. The number of hydrogen-bond donors (Lipinski definition) is 1. The molecule has 0 aliphatic rings. The van der Waals surface area contributed by atoms with Crippen LogP contribution in [0.25, 0.3) is 0 Å². The third-order valence-corrected chi connectivity index (χ3v) is 0.946. The normalized spacial score (nSPS) is 7.27. The number of nitrogens with two attached hydrogens (primary N) is 1. The molecule has 1 aromatic heterocycles.